The van der Waals surface area contributed by atoms with Crippen molar-refractivity contribution in [2.75, 3.05) is 32.8 Å². The smallest absolute Gasteiger partial charge is 0.191 e. The number of rotatable bonds is 9. The van der Waals surface area contributed by atoms with Crippen molar-refractivity contribution in [2.24, 2.45) is 4.99 Å². The van der Waals surface area contributed by atoms with Gasteiger partial charge in [0.15, 0.2) is 5.96 Å². The Labute approximate surface area is 208 Å². The van der Waals surface area contributed by atoms with Gasteiger partial charge in [-0.1, -0.05) is 42.5 Å². The second-order valence-corrected chi connectivity index (χ2v) is 8.17. The molecule has 7 heteroatoms. The minimum absolute atomic E-state index is 0. The highest BCUT2D eigenvalue weighted by molar-refractivity contribution is 14.0. The zero-order valence-corrected chi connectivity index (χ0v) is 21.4. The van der Waals surface area contributed by atoms with Crippen molar-refractivity contribution >= 4 is 29.9 Å². The Kier molecular flexibility index (Phi) is 11.4. The Hall–Kier alpha value is -1.71. The molecule has 0 bridgehead atoms. The van der Waals surface area contributed by atoms with Gasteiger partial charge in [0.1, 0.15) is 5.82 Å². The molecular formula is C25H36FIN4O. The first-order chi connectivity index (χ1) is 15.1. The molecule has 2 aromatic rings. The summed E-state index contributed by atoms with van der Waals surface area (Å²) < 4.78 is 18.7. The fourth-order valence-electron chi connectivity index (χ4n) is 3.94. The first-order valence-electron chi connectivity index (χ1n) is 11.3. The maximum atomic E-state index is 13.1. The Bertz CT molecular complexity index is 810. The Morgan fingerprint density at radius 3 is 2.41 bits per heavy atom. The predicted molar refractivity (Wildman–Crippen MR) is 140 cm³/mol. The van der Waals surface area contributed by atoms with Gasteiger partial charge in [0.2, 0.25) is 0 Å². The molecule has 3 N–H and O–H groups in total. The molecule has 5 nitrogen and oxygen atoms in total. The van der Waals surface area contributed by atoms with E-state index in [0.29, 0.717) is 6.54 Å². The second-order valence-electron chi connectivity index (χ2n) is 8.17. The number of benzene rings is 2. The van der Waals surface area contributed by atoms with E-state index in [9.17, 15) is 4.39 Å². The molecule has 1 saturated heterocycles. The zero-order chi connectivity index (χ0) is 21.9. The molecule has 0 aliphatic carbocycles. The molecule has 0 amide bonds. The van der Waals surface area contributed by atoms with Crippen LogP contribution >= 0.6 is 24.0 Å². The highest BCUT2D eigenvalue weighted by Crippen LogP contribution is 2.26. The van der Waals surface area contributed by atoms with Crippen LogP contribution < -0.4 is 16.0 Å². The van der Waals surface area contributed by atoms with Gasteiger partial charge in [-0.15, -0.1) is 24.0 Å². The monoisotopic (exact) mass is 554 g/mol. The molecule has 176 valence electrons. The lowest BCUT2D eigenvalue weighted by atomic mass is 9.88. The third-order valence-corrected chi connectivity index (χ3v) is 5.78. The van der Waals surface area contributed by atoms with Crippen molar-refractivity contribution in [1.82, 2.24) is 16.0 Å². The number of halogens is 2. The minimum Gasteiger partial charge on any atom is -0.381 e. The van der Waals surface area contributed by atoms with Crippen molar-refractivity contribution in [2.45, 2.75) is 44.7 Å². The van der Waals surface area contributed by atoms with Gasteiger partial charge in [-0.25, -0.2) is 4.39 Å². The van der Waals surface area contributed by atoms with Crippen LogP contribution in [0.5, 0.6) is 0 Å². The van der Waals surface area contributed by atoms with Gasteiger partial charge in [0.25, 0.3) is 0 Å². The Morgan fingerprint density at radius 2 is 1.75 bits per heavy atom. The first-order valence-corrected chi connectivity index (χ1v) is 11.3. The molecular weight excluding hydrogens is 518 g/mol. The third kappa shape index (κ3) is 8.33. The molecule has 32 heavy (non-hydrogen) atoms. The molecule has 0 radical (unpaired) electrons. The van der Waals surface area contributed by atoms with Gasteiger partial charge in [-0.05, 0) is 56.4 Å². The molecule has 1 fully saturated rings. The van der Waals surface area contributed by atoms with Crippen LogP contribution in [-0.4, -0.2) is 44.3 Å². The van der Waals surface area contributed by atoms with E-state index in [1.54, 1.807) is 0 Å². The predicted octanol–water partition coefficient (Wildman–Crippen LogP) is 4.44. The summed E-state index contributed by atoms with van der Waals surface area (Å²) in [7, 11) is 0. The summed E-state index contributed by atoms with van der Waals surface area (Å²) in [5.41, 5.74) is 2.29. The van der Waals surface area contributed by atoms with E-state index in [4.69, 9.17) is 9.73 Å². The number of aliphatic imine (C=N–C) groups is 1. The summed E-state index contributed by atoms with van der Waals surface area (Å²) in [6.07, 6.45) is 2.68. The molecule has 1 heterocycles. The quantitative estimate of drug-likeness (QED) is 0.244. The summed E-state index contributed by atoms with van der Waals surface area (Å²) in [6, 6.07) is 17.4. The second kappa shape index (κ2) is 13.7. The molecule has 3 rings (SSSR count). The molecule has 1 unspecified atom stereocenters. The van der Waals surface area contributed by atoms with E-state index in [-0.39, 0.29) is 41.4 Å². The molecule has 0 saturated carbocycles. The van der Waals surface area contributed by atoms with Crippen LogP contribution in [0.25, 0.3) is 0 Å². The summed E-state index contributed by atoms with van der Waals surface area (Å²) in [5.74, 6) is 0.607. The number of guanidine groups is 1. The average Bonchev–Trinajstić information content (AvgIpc) is 2.80. The van der Waals surface area contributed by atoms with E-state index in [1.165, 1.54) is 17.7 Å². The first kappa shape index (κ1) is 26.5. The number of ether oxygens (including phenoxy) is 1. The van der Waals surface area contributed by atoms with Crippen molar-refractivity contribution in [3.63, 3.8) is 0 Å². The molecule has 1 atom stereocenters. The van der Waals surface area contributed by atoms with E-state index < -0.39 is 0 Å². The number of nitrogens with zero attached hydrogens (tertiary/aromatic N) is 1. The van der Waals surface area contributed by atoms with Gasteiger partial charge in [0, 0.05) is 37.9 Å². The van der Waals surface area contributed by atoms with Crippen LogP contribution in [-0.2, 0) is 11.2 Å². The van der Waals surface area contributed by atoms with Crippen molar-refractivity contribution in [3.05, 3.63) is 71.5 Å². The molecule has 1 aliphatic heterocycles. The standard InChI is InChI=1S/C25H35FN4O.HI/c1-3-27-24(28-16-13-21-9-11-23(26)12-10-21)29-19-25(14-17-31-18-15-25)30-20(2)22-7-5-4-6-8-22;/h4-12,20,30H,3,13-19H2,1-2H3,(H2,27,28,29);1H. The summed E-state index contributed by atoms with van der Waals surface area (Å²) in [6.45, 7) is 7.99. The van der Waals surface area contributed by atoms with Gasteiger partial charge in [-0.3, -0.25) is 4.99 Å². The summed E-state index contributed by atoms with van der Waals surface area (Å²) in [4.78, 5) is 4.92. The molecule has 1 aliphatic rings. The number of hydrogen-bond donors (Lipinski definition) is 3. The van der Waals surface area contributed by atoms with Gasteiger partial charge in [-0.2, -0.15) is 0 Å². The maximum absolute atomic E-state index is 13.1. The van der Waals surface area contributed by atoms with Gasteiger partial charge < -0.3 is 20.7 Å². The number of nitrogens with one attached hydrogen (secondary N) is 3. The van der Waals surface area contributed by atoms with Crippen LogP contribution in [0.2, 0.25) is 0 Å². The third-order valence-electron chi connectivity index (χ3n) is 5.78. The fraction of sp³-hybridized carbons (Fsp3) is 0.480. The average molecular weight is 554 g/mol. The van der Waals surface area contributed by atoms with Crippen LogP contribution in [0.15, 0.2) is 59.6 Å². The minimum atomic E-state index is -0.203. The molecule has 0 spiro atoms. The topological polar surface area (TPSA) is 57.7 Å². The van der Waals surface area contributed by atoms with Gasteiger partial charge >= 0.3 is 0 Å². The fourth-order valence-corrected chi connectivity index (χ4v) is 3.94. The Morgan fingerprint density at radius 1 is 1.06 bits per heavy atom. The number of hydrogen-bond acceptors (Lipinski definition) is 3. The van der Waals surface area contributed by atoms with Crippen LogP contribution in [0, 0.1) is 5.82 Å². The van der Waals surface area contributed by atoms with Crippen molar-refractivity contribution in [1.29, 1.82) is 0 Å². The lowest BCUT2D eigenvalue weighted by Crippen LogP contribution is -2.53. The van der Waals surface area contributed by atoms with Crippen LogP contribution in [0.1, 0.15) is 43.9 Å². The highest BCUT2D eigenvalue weighted by atomic mass is 127. The van der Waals surface area contributed by atoms with Crippen molar-refractivity contribution < 1.29 is 9.13 Å². The normalized spacial score (nSPS) is 16.7. The van der Waals surface area contributed by atoms with E-state index in [0.717, 1.165) is 57.1 Å². The van der Waals surface area contributed by atoms with E-state index >= 15 is 0 Å². The van der Waals surface area contributed by atoms with Gasteiger partial charge in [0.05, 0.1) is 6.54 Å². The largest absolute Gasteiger partial charge is 0.381 e. The summed E-state index contributed by atoms with van der Waals surface area (Å²) >= 11 is 0. The maximum Gasteiger partial charge on any atom is 0.191 e. The lowest BCUT2D eigenvalue weighted by molar-refractivity contribution is 0.0374. The summed E-state index contributed by atoms with van der Waals surface area (Å²) in [5, 5.41) is 10.6. The van der Waals surface area contributed by atoms with E-state index in [2.05, 4.69) is 54.1 Å². The van der Waals surface area contributed by atoms with Crippen molar-refractivity contribution in [3.8, 4) is 0 Å². The zero-order valence-electron chi connectivity index (χ0n) is 19.1. The molecule has 2 aromatic carbocycles. The SMILES string of the molecule is CCNC(=NCC1(NC(C)c2ccccc2)CCOCC1)NCCc1ccc(F)cc1.I. The lowest BCUT2D eigenvalue weighted by Gasteiger charge is -2.39. The van der Waals surface area contributed by atoms with Crippen LogP contribution in [0.4, 0.5) is 4.39 Å². The van der Waals surface area contributed by atoms with E-state index in [1.807, 2.05) is 18.2 Å². The highest BCUT2D eigenvalue weighted by Gasteiger charge is 2.34. The molecule has 0 aromatic heterocycles. The Balaban J connectivity index is 0.00000363. The van der Waals surface area contributed by atoms with Crippen LogP contribution in [0.3, 0.4) is 0 Å².